The second kappa shape index (κ2) is 6.01. The molecule has 4 nitrogen and oxygen atoms in total. The molecule has 0 aliphatic carbocycles. The quantitative estimate of drug-likeness (QED) is 0.549. The van der Waals surface area contributed by atoms with Crippen molar-refractivity contribution in [2.24, 2.45) is 0 Å². The fourth-order valence-corrected chi connectivity index (χ4v) is 2.91. The first-order chi connectivity index (χ1) is 7.58. The molecule has 88 valence electrons. The van der Waals surface area contributed by atoms with Crippen molar-refractivity contribution in [2.75, 3.05) is 6.54 Å². The SMILES string of the molecule is CC(C)N1CCCc2nc(C(=O)[O-])sc2C1.[Li+]. The predicted octanol–water partition coefficient (Wildman–Crippen LogP) is -2.33. The van der Waals surface area contributed by atoms with Crippen LogP contribution in [0.3, 0.4) is 0 Å². The van der Waals surface area contributed by atoms with E-state index in [4.69, 9.17) is 0 Å². The average molecular weight is 246 g/mol. The number of nitrogens with zero attached hydrogens (tertiary/aromatic N) is 2. The van der Waals surface area contributed by atoms with Crippen LogP contribution in [0.25, 0.3) is 0 Å². The zero-order valence-electron chi connectivity index (χ0n) is 10.5. The Morgan fingerprint density at radius 3 is 2.82 bits per heavy atom. The molecule has 0 saturated heterocycles. The van der Waals surface area contributed by atoms with Gasteiger partial charge in [-0.15, -0.1) is 11.3 Å². The normalized spacial score (nSPS) is 16.2. The van der Waals surface area contributed by atoms with Gasteiger partial charge >= 0.3 is 18.9 Å². The number of carboxylic acid groups (broad SMARTS) is 1. The summed E-state index contributed by atoms with van der Waals surface area (Å²) in [6, 6.07) is 0.486. The van der Waals surface area contributed by atoms with Crippen LogP contribution in [0.2, 0.25) is 0 Å². The maximum absolute atomic E-state index is 10.7. The van der Waals surface area contributed by atoms with E-state index < -0.39 is 5.97 Å². The summed E-state index contributed by atoms with van der Waals surface area (Å²) in [4.78, 5) is 18.3. The Morgan fingerprint density at radius 2 is 2.24 bits per heavy atom. The van der Waals surface area contributed by atoms with Gasteiger partial charge in [0, 0.05) is 17.5 Å². The predicted molar refractivity (Wildman–Crippen MR) is 60.3 cm³/mol. The van der Waals surface area contributed by atoms with Crippen LogP contribution < -0.4 is 24.0 Å². The van der Waals surface area contributed by atoms with Gasteiger partial charge in [-0.25, -0.2) is 4.98 Å². The third-order valence-corrected chi connectivity index (χ3v) is 3.95. The number of carbonyl (C=O) groups is 1. The maximum Gasteiger partial charge on any atom is 1.00 e. The summed E-state index contributed by atoms with van der Waals surface area (Å²) in [5, 5.41) is 10.9. The van der Waals surface area contributed by atoms with Gasteiger partial charge in [-0.1, -0.05) is 0 Å². The standard InChI is InChI=1S/C11H16N2O2S.Li/c1-7(2)13-5-3-4-8-9(6-13)16-10(12-8)11(14)15;/h7H,3-6H2,1-2H3,(H,14,15);/q;+1/p-1. The summed E-state index contributed by atoms with van der Waals surface area (Å²) < 4.78 is 0. The third-order valence-electron chi connectivity index (χ3n) is 2.89. The van der Waals surface area contributed by atoms with Gasteiger partial charge < -0.3 is 9.90 Å². The van der Waals surface area contributed by atoms with Crippen LogP contribution in [-0.4, -0.2) is 28.4 Å². The summed E-state index contributed by atoms with van der Waals surface area (Å²) in [7, 11) is 0. The largest absolute Gasteiger partial charge is 1.00 e. The minimum atomic E-state index is -1.16. The number of hydrogen-bond donors (Lipinski definition) is 0. The molecule has 6 heteroatoms. The summed E-state index contributed by atoms with van der Waals surface area (Å²) in [6.45, 7) is 6.19. The minimum Gasteiger partial charge on any atom is -0.542 e. The molecule has 0 spiro atoms. The van der Waals surface area contributed by atoms with E-state index in [0.29, 0.717) is 6.04 Å². The fourth-order valence-electron chi connectivity index (χ4n) is 1.94. The van der Waals surface area contributed by atoms with Crippen molar-refractivity contribution in [3.8, 4) is 0 Å². The van der Waals surface area contributed by atoms with E-state index in [1.54, 1.807) is 0 Å². The molecule has 0 atom stereocenters. The molecule has 0 amide bonds. The molecule has 0 radical (unpaired) electrons. The number of rotatable bonds is 2. The van der Waals surface area contributed by atoms with Gasteiger partial charge in [-0.3, -0.25) is 4.90 Å². The van der Waals surface area contributed by atoms with Crippen LogP contribution in [-0.2, 0) is 13.0 Å². The Labute approximate surface area is 117 Å². The first-order valence-electron chi connectivity index (χ1n) is 5.52. The van der Waals surface area contributed by atoms with E-state index in [0.717, 1.165) is 36.5 Å². The summed E-state index contributed by atoms with van der Waals surface area (Å²) in [5.41, 5.74) is 0.951. The number of hydrogen-bond acceptors (Lipinski definition) is 5. The molecule has 1 aliphatic heterocycles. The molecule has 1 aromatic rings. The van der Waals surface area contributed by atoms with Gasteiger partial charge in [0.1, 0.15) is 11.0 Å². The van der Waals surface area contributed by atoms with Crippen molar-refractivity contribution in [3.63, 3.8) is 0 Å². The van der Waals surface area contributed by atoms with Crippen molar-refractivity contribution in [1.29, 1.82) is 0 Å². The molecule has 2 rings (SSSR count). The zero-order valence-corrected chi connectivity index (χ0v) is 11.3. The molecule has 1 aromatic heterocycles. The van der Waals surface area contributed by atoms with E-state index in [2.05, 4.69) is 23.7 Å². The number of aryl methyl sites for hydroxylation is 1. The first kappa shape index (κ1) is 14.7. The van der Waals surface area contributed by atoms with E-state index in [1.807, 2.05) is 0 Å². The Hall–Kier alpha value is -0.343. The Bertz CT molecular complexity index is 406. The Morgan fingerprint density at radius 1 is 1.53 bits per heavy atom. The van der Waals surface area contributed by atoms with Crippen molar-refractivity contribution in [3.05, 3.63) is 15.6 Å². The molecular formula is C11H15LiN2O2S. The molecule has 17 heavy (non-hydrogen) atoms. The van der Waals surface area contributed by atoms with Crippen LogP contribution in [0.1, 0.15) is 40.6 Å². The van der Waals surface area contributed by atoms with E-state index in [9.17, 15) is 9.90 Å². The van der Waals surface area contributed by atoms with Crippen molar-refractivity contribution >= 4 is 17.3 Å². The monoisotopic (exact) mass is 246 g/mol. The number of aromatic carboxylic acids is 1. The number of fused-ring (bicyclic) bond motifs is 1. The second-order valence-corrected chi connectivity index (χ2v) is 5.43. The molecule has 1 aliphatic rings. The van der Waals surface area contributed by atoms with Crippen LogP contribution in [0, 0.1) is 0 Å². The molecule has 0 N–H and O–H groups in total. The third kappa shape index (κ3) is 3.32. The van der Waals surface area contributed by atoms with Gasteiger partial charge in [0.25, 0.3) is 0 Å². The molecule has 0 aromatic carbocycles. The smallest absolute Gasteiger partial charge is 0.542 e. The summed E-state index contributed by atoms with van der Waals surface area (Å²) in [6.07, 6.45) is 1.92. The molecule has 0 bridgehead atoms. The fraction of sp³-hybridized carbons (Fsp3) is 0.636. The van der Waals surface area contributed by atoms with Gasteiger partial charge in [-0.05, 0) is 33.2 Å². The topological polar surface area (TPSA) is 56.3 Å². The molecule has 2 heterocycles. The van der Waals surface area contributed by atoms with Crippen molar-refractivity contribution in [1.82, 2.24) is 9.88 Å². The molecule has 0 fully saturated rings. The Kier molecular flexibility index (Phi) is 5.20. The van der Waals surface area contributed by atoms with Crippen molar-refractivity contribution in [2.45, 2.75) is 39.3 Å². The molecule has 0 saturated carbocycles. The van der Waals surface area contributed by atoms with E-state index in [-0.39, 0.29) is 23.9 Å². The summed E-state index contributed by atoms with van der Waals surface area (Å²) in [5.74, 6) is -1.16. The van der Waals surface area contributed by atoms with Crippen LogP contribution in [0.4, 0.5) is 0 Å². The van der Waals surface area contributed by atoms with Gasteiger partial charge in [0.15, 0.2) is 0 Å². The number of thiazole rings is 1. The van der Waals surface area contributed by atoms with Crippen LogP contribution >= 0.6 is 11.3 Å². The van der Waals surface area contributed by atoms with Crippen molar-refractivity contribution < 1.29 is 28.8 Å². The van der Waals surface area contributed by atoms with Gasteiger partial charge in [-0.2, -0.15) is 0 Å². The Balaban J connectivity index is 0.00000144. The number of aromatic nitrogens is 1. The number of carbonyl (C=O) groups excluding carboxylic acids is 1. The van der Waals surface area contributed by atoms with Crippen LogP contribution in [0.5, 0.6) is 0 Å². The maximum atomic E-state index is 10.7. The molecule has 0 unspecified atom stereocenters. The first-order valence-corrected chi connectivity index (χ1v) is 6.33. The van der Waals surface area contributed by atoms with Gasteiger partial charge in [0.2, 0.25) is 0 Å². The minimum absolute atomic E-state index is 0. The van der Waals surface area contributed by atoms with E-state index in [1.165, 1.54) is 11.3 Å². The zero-order chi connectivity index (χ0) is 11.7. The summed E-state index contributed by atoms with van der Waals surface area (Å²) >= 11 is 1.26. The second-order valence-electron chi connectivity index (χ2n) is 4.34. The van der Waals surface area contributed by atoms with Crippen LogP contribution in [0.15, 0.2) is 0 Å². The van der Waals surface area contributed by atoms with Gasteiger partial charge in [0.05, 0.1) is 5.69 Å². The molecular weight excluding hydrogens is 231 g/mol. The van der Waals surface area contributed by atoms with E-state index >= 15 is 0 Å². The number of carboxylic acids is 1. The average Bonchev–Trinajstić information content (AvgIpc) is 2.50.